The van der Waals surface area contributed by atoms with E-state index < -0.39 is 42.0 Å². The summed E-state index contributed by atoms with van der Waals surface area (Å²) in [6, 6.07) is 25.3. The van der Waals surface area contributed by atoms with Crippen LogP contribution in [0.1, 0.15) is 37.8 Å². The summed E-state index contributed by atoms with van der Waals surface area (Å²) in [6.07, 6.45) is 0.224. The number of carbonyl (C=O) groups excluding carboxylic acids is 3. The number of hydrogen-bond acceptors (Lipinski definition) is 9. The molecule has 0 fully saturated rings. The van der Waals surface area contributed by atoms with E-state index in [9.17, 15) is 33.7 Å². The van der Waals surface area contributed by atoms with Crippen LogP contribution in [0.15, 0.2) is 84.9 Å². The van der Waals surface area contributed by atoms with Gasteiger partial charge in [-0.1, -0.05) is 0 Å². The van der Waals surface area contributed by atoms with Crippen molar-refractivity contribution in [3.63, 3.8) is 0 Å². The van der Waals surface area contributed by atoms with Gasteiger partial charge in [-0.2, -0.15) is 0 Å². The molecule has 4 atom stereocenters. The summed E-state index contributed by atoms with van der Waals surface area (Å²) in [7, 11) is 1.34. The van der Waals surface area contributed by atoms with Crippen LogP contribution < -0.4 is 21.3 Å². The fraction of sp³-hybridized carbons (Fsp3) is 0.351. The number of carbonyl (C=O) groups is 4. The first-order valence-electron chi connectivity index (χ1n) is 16.8. The van der Waals surface area contributed by atoms with Crippen LogP contribution in [-0.2, 0) is 41.4 Å². The van der Waals surface area contributed by atoms with Gasteiger partial charge in [0.15, 0.2) is 0 Å². The van der Waals surface area contributed by atoms with Gasteiger partial charge < -0.3 is 0 Å². The molecule has 4 aromatic rings. The Morgan fingerprint density at radius 2 is 1.20 bits per heavy atom. The molecule has 4 aromatic carbocycles. The molecule has 2 amide bonds. The summed E-state index contributed by atoms with van der Waals surface area (Å²) in [6.45, 7) is 3.01. The molecule has 266 valence electrons. The summed E-state index contributed by atoms with van der Waals surface area (Å²) >= 11 is 0. The minimum absolute atomic E-state index is 0.00817. The molecular weight excluding hydrogens is 650 g/mol. The Balaban J connectivity index is 0.000000313. The van der Waals surface area contributed by atoms with Crippen LogP contribution in [0.5, 0.6) is 0 Å². The van der Waals surface area contributed by atoms with E-state index in [0.29, 0.717) is 40.0 Å². The van der Waals surface area contributed by atoms with Crippen molar-refractivity contribution in [1.82, 2.24) is 21.3 Å². The number of carboxylic acids is 1. The molecule has 0 saturated heterocycles. The second kappa shape index (κ2) is 21.3. The van der Waals surface area contributed by atoms with Crippen LogP contribution in [0.25, 0.3) is 21.5 Å². The Bertz CT molecular complexity index is 1810. The van der Waals surface area contributed by atoms with Gasteiger partial charge in [-0.05, 0) is 0 Å². The zero-order valence-corrected chi connectivity index (χ0v) is 28.8. The van der Waals surface area contributed by atoms with Gasteiger partial charge in [0.25, 0.3) is 0 Å². The van der Waals surface area contributed by atoms with Crippen molar-refractivity contribution < 1.29 is 38.8 Å². The third-order valence-electron chi connectivity index (χ3n) is 8.11. The number of nitrogens with one attached hydrogen (secondary N) is 4. The van der Waals surface area contributed by atoms with Crippen molar-refractivity contribution in [2.24, 2.45) is 0 Å². The Morgan fingerprint density at radius 3 is 1.67 bits per heavy atom. The molecule has 0 bridgehead atoms. The van der Waals surface area contributed by atoms with Gasteiger partial charge in [0.2, 0.25) is 0 Å². The van der Waals surface area contributed by atoms with E-state index in [4.69, 9.17) is 5.11 Å². The predicted molar refractivity (Wildman–Crippen MR) is 196 cm³/mol. The van der Waals surface area contributed by atoms with Crippen molar-refractivity contribution in [2.75, 3.05) is 19.4 Å². The van der Waals surface area contributed by atoms with E-state index in [2.05, 4.69) is 21.3 Å². The second-order valence-electron chi connectivity index (χ2n) is 12.1. The van der Waals surface area contributed by atoms with Crippen molar-refractivity contribution in [1.29, 1.82) is 0 Å². The molecule has 0 aliphatic heterocycles. The molecule has 0 radical (unpaired) electrons. The number of aliphatic carboxylic acids is 1. The first-order valence-corrected chi connectivity index (χ1v) is 16.8. The van der Waals surface area contributed by atoms with Crippen LogP contribution in [0, 0.1) is 0 Å². The van der Waals surface area contributed by atoms with Crippen molar-refractivity contribution in [2.45, 2.75) is 63.8 Å². The number of ketones is 1. The Labute approximate surface area is 298 Å². The van der Waals surface area contributed by atoms with Crippen molar-refractivity contribution in [3.8, 4) is 0 Å². The molecule has 51 heavy (non-hydrogen) atoms. The van der Waals surface area contributed by atoms with E-state index in [0.717, 1.165) is 32.7 Å². The Morgan fingerprint density at radius 1 is 0.706 bits per heavy atom. The van der Waals surface area contributed by atoms with E-state index in [1.807, 2.05) is 91.9 Å². The van der Waals surface area contributed by atoms with Gasteiger partial charge in [-0.15, -0.1) is 0 Å². The average Bonchev–Trinajstić information content (AvgIpc) is 3.13. The van der Waals surface area contributed by atoms with E-state index >= 15 is 0 Å². The molecule has 0 spiro atoms. The number of carboxylic acid groups (broad SMARTS) is 1. The van der Waals surface area contributed by atoms with E-state index in [1.54, 1.807) is 0 Å². The van der Waals surface area contributed by atoms with Crippen LogP contribution in [-0.4, -0.2) is 91.7 Å². The molecule has 12 nitrogen and oxygen atoms in total. The van der Waals surface area contributed by atoms with Gasteiger partial charge in [0.05, 0.1) is 0 Å². The monoisotopic (exact) mass is 694 g/mol. The average molecular weight is 694 g/mol. The van der Waals surface area contributed by atoms with Gasteiger partial charge in [0.1, 0.15) is 0 Å². The third kappa shape index (κ3) is 13.4. The number of hydrogen-bond donors (Lipinski definition) is 6. The second-order valence-corrected chi connectivity index (χ2v) is 12.1. The number of fused-ring (bicyclic) bond motifs is 2. The number of amides is 2. The van der Waals surface area contributed by atoms with Crippen molar-refractivity contribution in [3.05, 3.63) is 96.1 Å². The quantitative estimate of drug-likeness (QED) is 0.0794. The van der Waals surface area contributed by atoms with Crippen LogP contribution in [0.4, 0.5) is 0 Å². The molecule has 0 aliphatic carbocycles. The molecule has 4 rings (SSSR count). The maximum atomic E-state index is 13.0. The summed E-state index contributed by atoms with van der Waals surface area (Å²) in [4.78, 5) is 47.4. The summed E-state index contributed by atoms with van der Waals surface area (Å²) in [5.41, 5.74) is 1.85. The third-order valence-corrected chi connectivity index (χ3v) is 8.11. The van der Waals surface area contributed by atoms with Gasteiger partial charge >= 0.3 is 299 Å². The maximum absolute atomic E-state index is 13.0. The standard InChI is InChI=1S/C23H30BN3O5.C14H14BNO3/c1-3-6-19(21(29)23(31)25-13-15(2)28)27-22(30)20(26-14-24-32)12-16-9-10-17-7-4-5-8-18(17)11-16;17-14(18)13(16-9-15-19)8-10-5-6-11-3-1-2-4-12(11)7-10/h4-5,7-11,19-21,26,29H,3,6,12-14H2,1-2H3,(H,25,31)(H,27,30);1-7,13,16H,8-9H2,(H,17,18)/t19?,20-,21?;13-/m00/s1. The van der Waals surface area contributed by atoms with Crippen LogP contribution >= 0.6 is 0 Å². The summed E-state index contributed by atoms with van der Waals surface area (Å²) in [5, 5.41) is 34.6. The topological polar surface area (TPSA) is 191 Å². The number of benzene rings is 4. The SMILES string of the molecule is CCCC(NC(=O)[C@H](Cc1ccc2ccccc2c1)NCB=O)C(O)C(=O)NCC(C)=O.O=BCN[C@@H](Cc1ccc2ccccc2c1)C(=O)O. The van der Waals surface area contributed by atoms with E-state index in [1.165, 1.54) is 6.92 Å². The molecule has 6 N–H and O–H groups in total. The first-order chi connectivity index (χ1) is 24.6. The normalized spacial score (nSPS) is 13.0. The summed E-state index contributed by atoms with van der Waals surface area (Å²) < 4.78 is 21.2. The number of aliphatic hydroxyl groups is 1. The van der Waals surface area contributed by atoms with Gasteiger partial charge in [0, 0.05) is 0 Å². The van der Waals surface area contributed by atoms with Crippen LogP contribution in [0.3, 0.4) is 0 Å². The molecule has 14 heteroatoms. The first kappa shape index (κ1) is 40.5. The van der Waals surface area contributed by atoms with Gasteiger partial charge in [-0.3, -0.25) is 0 Å². The fourth-order valence-electron chi connectivity index (χ4n) is 5.49. The number of rotatable bonds is 19. The Hall–Kier alpha value is -4.91. The minimum atomic E-state index is -1.49. The molecule has 2 unspecified atom stereocenters. The van der Waals surface area contributed by atoms with Crippen molar-refractivity contribution >= 4 is 59.4 Å². The number of Topliss-reactive ketones (excluding diaryl/α,β-unsaturated/α-hetero) is 1. The van der Waals surface area contributed by atoms with Gasteiger partial charge in [-0.25, -0.2) is 0 Å². The zero-order chi connectivity index (χ0) is 37.2. The molecular formula is C37H44B2N4O8. The molecule has 0 saturated carbocycles. The van der Waals surface area contributed by atoms with Crippen LogP contribution in [0.2, 0.25) is 0 Å². The summed E-state index contributed by atoms with van der Waals surface area (Å²) in [5.74, 6) is -2.33. The van der Waals surface area contributed by atoms with E-state index in [-0.39, 0.29) is 25.2 Å². The number of aliphatic hydroxyl groups excluding tert-OH is 1. The zero-order valence-electron chi connectivity index (χ0n) is 28.8. The predicted octanol–water partition coefficient (Wildman–Crippen LogP) is 2.13. The molecule has 0 heterocycles. The molecule has 0 aromatic heterocycles. The Kier molecular flexibility index (Phi) is 17.0. The molecule has 0 aliphatic rings. The fourth-order valence-corrected chi connectivity index (χ4v) is 5.49.